The molecular formula is C14H15N2O+. The summed E-state index contributed by atoms with van der Waals surface area (Å²) in [6, 6.07) is 15.9. The predicted molar refractivity (Wildman–Crippen MR) is 68.2 cm³/mol. The lowest BCUT2D eigenvalue weighted by Crippen LogP contribution is -2.42. The Morgan fingerprint density at radius 1 is 1.06 bits per heavy atom. The van der Waals surface area contributed by atoms with Crippen LogP contribution in [0.2, 0.25) is 0 Å². The lowest BCUT2D eigenvalue weighted by molar-refractivity contribution is -0.886. The van der Waals surface area contributed by atoms with E-state index in [4.69, 9.17) is 4.84 Å². The number of aromatic nitrogens is 1. The number of hydrogen-bond acceptors (Lipinski definition) is 2. The van der Waals surface area contributed by atoms with Gasteiger partial charge in [-0.3, -0.25) is 4.84 Å². The monoisotopic (exact) mass is 227 g/mol. The molecule has 0 aliphatic carbocycles. The van der Waals surface area contributed by atoms with Gasteiger partial charge in [-0.25, -0.2) is 0 Å². The molecule has 0 saturated carbocycles. The molecule has 0 saturated heterocycles. The zero-order valence-corrected chi connectivity index (χ0v) is 9.71. The molecule has 0 amide bonds. The van der Waals surface area contributed by atoms with Crippen LogP contribution in [-0.4, -0.2) is 7.11 Å². The summed E-state index contributed by atoms with van der Waals surface area (Å²) in [4.78, 5) is 5.19. The van der Waals surface area contributed by atoms with Gasteiger partial charge >= 0.3 is 0 Å². The zero-order chi connectivity index (χ0) is 11.9. The van der Waals surface area contributed by atoms with Gasteiger partial charge in [0.15, 0.2) is 0 Å². The van der Waals surface area contributed by atoms with E-state index in [2.05, 4.69) is 5.32 Å². The molecule has 3 heteroatoms. The summed E-state index contributed by atoms with van der Waals surface area (Å²) in [6.07, 6.45) is 5.71. The molecule has 1 aromatic carbocycles. The standard InChI is InChI=1S/C14H14N2O/c1-17-16-12-6-5-9-14(16)10-11-15-13-7-3-2-4-8-13/h2-12H,1H3/p+1. The third-order valence-corrected chi connectivity index (χ3v) is 2.33. The molecule has 0 aliphatic rings. The van der Waals surface area contributed by atoms with Crippen LogP contribution in [0.15, 0.2) is 60.9 Å². The third-order valence-electron chi connectivity index (χ3n) is 2.33. The van der Waals surface area contributed by atoms with E-state index in [1.54, 1.807) is 11.8 Å². The van der Waals surface area contributed by atoms with Crippen LogP contribution < -0.4 is 14.9 Å². The van der Waals surface area contributed by atoms with E-state index >= 15 is 0 Å². The van der Waals surface area contributed by atoms with E-state index in [0.717, 1.165) is 11.4 Å². The van der Waals surface area contributed by atoms with E-state index in [1.807, 2.05) is 67.0 Å². The van der Waals surface area contributed by atoms with Gasteiger partial charge < -0.3 is 5.32 Å². The Hall–Kier alpha value is -2.29. The largest absolute Gasteiger partial charge is 0.361 e. The van der Waals surface area contributed by atoms with Crippen molar-refractivity contribution in [1.29, 1.82) is 0 Å². The molecule has 2 aromatic rings. The van der Waals surface area contributed by atoms with Crippen molar-refractivity contribution in [2.75, 3.05) is 12.4 Å². The van der Waals surface area contributed by atoms with Crippen molar-refractivity contribution < 1.29 is 9.57 Å². The minimum atomic E-state index is 0.971. The maximum absolute atomic E-state index is 5.19. The number of pyridine rings is 1. The van der Waals surface area contributed by atoms with Gasteiger partial charge in [0.05, 0.1) is 0 Å². The molecule has 0 bridgehead atoms. The predicted octanol–water partition coefficient (Wildman–Crippen LogP) is 2.12. The fourth-order valence-electron chi connectivity index (χ4n) is 1.49. The highest BCUT2D eigenvalue weighted by Crippen LogP contribution is 2.05. The topological polar surface area (TPSA) is 25.1 Å². The van der Waals surface area contributed by atoms with Crippen LogP contribution >= 0.6 is 0 Å². The first kappa shape index (κ1) is 11.2. The first-order chi connectivity index (χ1) is 8.40. The molecule has 1 heterocycles. The Kier molecular flexibility index (Phi) is 3.76. The second-order valence-corrected chi connectivity index (χ2v) is 3.48. The van der Waals surface area contributed by atoms with Crippen molar-refractivity contribution in [3.8, 4) is 0 Å². The summed E-state index contributed by atoms with van der Waals surface area (Å²) >= 11 is 0. The maximum atomic E-state index is 5.19. The van der Waals surface area contributed by atoms with Gasteiger partial charge in [-0.2, -0.15) is 0 Å². The summed E-state index contributed by atoms with van der Waals surface area (Å²) in [7, 11) is 1.64. The number of nitrogens with one attached hydrogen (secondary N) is 1. The molecule has 0 atom stereocenters. The van der Waals surface area contributed by atoms with Crippen molar-refractivity contribution in [3.05, 3.63) is 66.6 Å². The van der Waals surface area contributed by atoms with Crippen LogP contribution in [0.4, 0.5) is 5.69 Å². The Morgan fingerprint density at radius 3 is 2.59 bits per heavy atom. The third kappa shape index (κ3) is 3.08. The molecule has 2 rings (SSSR count). The van der Waals surface area contributed by atoms with Crippen LogP contribution in [0.5, 0.6) is 0 Å². The highest BCUT2D eigenvalue weighted by atomic mass is 16.6. The van der Waals surface area contributed by atoms with Crippen LogP contribution in [0, 0.1) is 0 Å². The quantitative estimate of drug-likeness (QED) is 0.809. The van der Waals surface area contributed by atoms with Gasteiger partial charge in [-0.15, -0.1) is 0 Å². The average Bonchev–Trinajstić information content (AvgIpc) is 2.40. The first-order valence-corrected chi connectivity index (χ1v) is 5.43. The fourth-order valence-corrected chi connectivity index (χ4v) is 1.49. The summed E-state index contributed by atoms with van der Waals surface area (Å²) in [6.45, 7) is 0. The highest BCUT2D eigenvalue weighted by Gasteiger charge is 2.04. The number of anilines is 1. The van der Waals surface area contributed by atoms with Gasteiger partial charge in [0, 0.05) is 34.8 Å². The Labute approximate surface area is 101 Å². The summed E-state index contributed by atoms with van der Waals surface area (Å²) < 4.78 is 1.70. The molecule has 0 fully saturated rings. The first-order valence-electron chi connectivity index (χ1n) is 5.43. The highest BCUT2D eigenvalue weighted by molar-refractivity contribution is 5.51. The molecule has 0 aliphatic heterocycles. The summed E-state index contributed by atoms with van der Waals surface area (Å²) in [5.74, 6) is 0. The number of hydrogen-bond donors (Lipinski definition) is 1. The summed E-state index contributed by atoms with van der Waals surface area (Å²) in [5.41, 5.74) is 2.03. The van der Waals surface area contributed by atoms with Crippen molar-refractivity contribution in [2.24, 2.45) is 0 Å². The second kappa shape index (κ2) is 5.70. The van der Waals surface area contributed by atoms with Gasteiger partial charge in [-0.05, 0) is 18.2 Å². The molecule has 0 unspecified atom stereocenters. The minimum absolute atomic E-state index is 0.971. The van der Waals surface area contributed by atoms with Crippen molar-refractivity contribution in [2.45, 2.75) is 0 Å². The minimum Gasteiger partial charge on any atom is -0.361 e. The number of rotatable bonds is 4. The SMILES string of the molecule is CO[n+]1ccccc1/C=C/Nc1ccccc1. The van der Waals surface area contributed by atoms with Crippen LogP contribution in [0.1, 0.15) is 5.69 Å². The van der Waals surface area contributed by atoms with Crippen molar-refractivity contribution in [1.82, 2.24) is 0 Å². The van der Waals surface area contributed by atoms with Gasteiger partial charge in [0.25, 0.3) is 5.69 Å². The summed E-state index contributed by atoms with van der Waals surface area (Å²) in [5, 5.41) is 3.19. The molecule has 86 valence electrons. The Balaban J connectivity index is 2.06. The maximum Gasteiger partial charge on any atom is 0.258 e. The van der Waals surface area contributed by atoms with Crippen LogP contribution in [-0.2, 0) is 0 Å². The number of benzene rings is 1. The van der Waals surface area contributed by atoms with Gasteiger partial charge in [0.2, 0.25) is 6.20 Å². The van der Waals surface area contributed by atoms with Gasteiger partial charge in [-0.1, -0.05) is 18.2 Å². The van der Waals surface area contributed by atoms with E-state index in [0.29, 0.717) is 0 Å². The molecule has 3 nitrogen and oxygen atoms in total. The molecule has 1 N–H and O–H groups in total. The molecule has 0 spiro atoms. The fraction of sp³-hybridized carbons (Fsp3) is 0.0714. The van der Waals surface area contributed by atoms with E-state index in [-0.39, 0.29) is 0 Å². The van der Waals surface area contributed by atoms with E-state index in [1.165, 1.54) is 0 Å². The van der Waals surface area contributed by atoms with E-state index in [9.17, 15) is 0 Å². The molecule has 17 heavy (non-hydrogen) atoms. The number of nitrogens with zero attached hydrogens (tertiary/aromatic N) is 1. The lowest BCUT2D eigenvalue weighted by atomic mass is 10.3. The van der Waals surface area contributed by atoms with Crippen LogP contribution in [0.25, 0.3) is 6.08 Å². The van der Waals surface area contributed by atoms with Crippen molar-refractivity contribution >= 4 is 11.8 Å². The normalized spacial score (nSPS) is 10.4. The lowest BCUT2D eigenvalue weighted by Gasteiger charge is -1.98. The zero-order valence-electron chi connectivity index (χ0n) is 9.71. The van der Waals surface area contributed by atoms with E-state index < -0.39 is 0 Å². The number of para-hydroxylation sites is 1. The smallest absolute Gasteiger partial charge is 0.258 e. The average molecular weight is 227 g/mol. The second-order valence-electron chi connectivity index (χ2n) is 3.48. The Bertz CT molecular complexity index is 495. The Morgan fingerprint density at radius 2 is 1.82 bits per heavy atom. The molecule has 0 radical (unpaired) electrons. The molecular weight excluding hydrogens is 212 g/mol. The van der Waals surface area contributed by atoms with Crippen molar-refractivity contribution in [3.63, 3.8) is 0 Å². The molecule has 1 aromatic heterocycles. The van der Waals surface area contributed by atoms with Gasteiger partial charge in [0.1, 0.15) is 7.11 Å². The van der Waals surface area contributed by atoms with Crippen LogP contribution in [0.3, 0.4) is 0 Å².